The highest BCUT2D eigenvalue weighted by molar-refractivity contribution is 8.03. The van der Waals surface area contributed by atoms with Crippen LogP contribution in [0.5, 0.6) is 0 Å². The summed E-state index contributed by atoms with van der Waals surface area (Å²) in [6, 6.07) is 17.3. The number of hydrogen-bond acceptors (Lipinski definition) is 8. The molecule has 168 valence electrons. The maximum atomic E-state index is 13.0. The SMILES string of the molecule is COCCn1c(SCC(=O)C(C#N)=C2Sc3ccccc3N2C)nnc1-c1ccc(Cl)cc1. The smallest absolute Gasteiger partial charge is 0.192 e. The molecule has 0 unspecified atom stereocenters. The number of thioether (sulfide) groups is 2. The Bertz CT molecular complexity index is 1250. The number of para-hydroxylation sites is 1. The number of fused-ring (bicyclic) bond motifs is 1. The number of hydrogen-bond donors (Lipinski definition) is 0. The fourth-order valence-electron chi connectivity index (χ4n) is 3.35. The molecule has 0 fully saturated rings. The Hall–Kier alpha value is -2.77. The Kier molecular flexibility index (Phi) is 7.40. The summed E-state index contributed by atoms with van der Waals surface area (Å²) in [5, 5.41) is 20.2. The number of ether oxygens (including phenoxy) is 1. The first kappa shape index (κ1) is 23.4. The molecule has 0 radical (unpaired) electrons. The van der Waals surface area contributed by atoms with Crippen molar-refractivity contribution >= 4 is 46.6 Å². The lowest BCUT2D eigenvalue weighted by Crippen LogP contribution is -2.16. The van der Waals surface area contributed by atoms with Crippen LogP contribution in [0.3, 0.4) is 0 Å². The first-order valence-corrected chi connectivity index (χ1v) is 12.2. The predicted octanol–water partition coefficient (Wildman–Crippen LogP) is 4.88. The average Bonchev–Trinajstić information content (AvgIpc) is 3.38. The molecule has 0 atom stereocenters. The van der Waals surface area contributed by atoms with Gasteiger partial charge in [-0.2, -0.15) is 5.26 Å². The van der Waals surface area contributed by atoms with Crippen molar-refractivity contribution in [2.24, 2.45) is 0 Å². The minimum atomic E-state index is -0.251. The fourth-order valence-corrected chi connectivity index (χ4v) is 5.47. The second-order valence-corrected chi connectivity index (χ2v) is 9.50. The van der Waals surface area contributed by atoms with Gasteiger partial charge < -0.3 is 9.64 Å². The van der Waals surface area contributed by atoms with Gasteiger partial charge in [-0.25, -0.2) is 0 Å². The molecule has 0 aliphatic carbocycles. The minimum Gasteiger partial charge on any atom is -0.383 e. The number of nitriles is 1. The Labute approximate surface area is 205 Å². The number of methoxy groups -OCH3 is 1. The monoisotopic (exact) mass is 497 g/mol. The second-order valence-electron chi connectivity index (χ2n) is 7.09. The van der Waals surface area contributed by atoms with Crippen LogP contribution in [0, 0.1) is 11.3 Å². The second kappa shape index (κ2) is 10.4. The number of Topliss-reactive ketones (excluding diaryl/α,β-unsaturated/α-hetero) is 1. The first-order valence-electron chi connectivity index (χ1n) is 10.0. The van der Waals surface area contributed by atoms with E-state index in [0.717, 1.165) is 16.1 Å². The van der Waals surface area contributed by atoms with Crippen LogP contribution in [0.4, 0.5) is 5.69 Å². The van der Waals surface area contributed by atoms with Crippen LogP contribution in [0.2, 0.25) is 5.02 Å². The molecule has 2 heterocycles. The van der Waals surface area contributed by atoms with E-state index in [1.807, 2.05) is 52.9 Å². The van der Waals surface area contributed by atoms with Gasteiger partial charge in [0, 0.05) is 29.6 Å². The molecule has 1 aliphatic rings. The summed E-state index contributed by atoms with van der Waals surface area (Å²) in [7, 11) is 3.49. The van der Waals surface area contributed by atoms with Crippen molar-refractivity contribution in [3.63, 3.8) is 0 Å². The van der Waals surface area contributed by atoms with Gasteiger partial charge in [-0.1, -0.05) is 47.3 Å². The van der Waals surface area contributed by atoms with Crippen molar-refractivity contribution in [1.82, 2.24) is 14.8 Å². The Morgan fingerprint density at radius 2 is 1.97 bits per heavy atom. The quantitative estimate of drug-likeness (QED) is 0.247. The van der Waals surface area contributed by atoms with Gasteiger partial charge in [0.15, 0.2) is 16.8 Å². The molecule has 0 amide bonds. The van der Waals surface area contributed by atoms with Crippen molar-refractivity contribution in [1.29, 1.82) is 5.26 Å². The van der Waals surface area contributed by atoms with Crippen molar-refractivity contribution in [2.75, 3.05) is 31.4 Å². The highest BCUT2D eigenvalue weighted by atomic mass is 35.5. The van der Waals surface area contributed by atoms with E-state index < -0.39 is 0 Å². The normalized spacial score (nSPS) is 14.2. The van der Waals surface area contributed by atoms with E-state index in [2.05, 4.69) is 16.3 Å². The highest BCUT2D eigenvalue weighted by Crippen LogP contribution is 2.46. The molecule has 0 bridgehead atoms. The van der Waals surface area contributed by atoms with Gasteiger partial charge in [0.1, 0.15) is 16.7 Å². The number of carbonyl (C=O) groups is 1. The van der Waals surface area contributed by atoms with Gasteiger partial charge in [0.05, 0.1) is 24.6 Å². The van der Waals surface area contributed by atoms with Gasteiger partial charge in [0.25, 0.3) is 0 Å². The van der Waals surface area contributed by atoms with Crippen molar-refractivity contribution in [3.05, 3.63) is 64.2 Å². The zero-order chi connectivity index (χ0) is 23.4. The van der Waals surface area contributed by atoms with E-state index in [1.54, 1.807) is 19.2 Å². The van der Waals surface area contributed by atoms with Crippen LogP contribution in [-0.2, 0) is 16.1 Å². The Morgan fingerprint density at radius 1 is 1.21 bits per heavy atom. The number of rotatable bonds is 8. The molecule has 3 aromatic rings. The molecule has 0 N–H and O–H groups in total. The number of carbonyl (C=O) groups excluding carboxylic acids is 1. The Morgan fingerprint density at radius 3 is 2.67 bits per heavy atom. The van der Waals surface area contributed by atoms with Crippen LogP contribution in [0.1, 0.15) is 0 Å². The third-order valence-corrected chi connectivity index (χ3v) is 7.47. The number of aromatic nitrogens is 3. The van der Waals surface area contributed by atoms with E-state index >= 15 is 0 Å². The zero-order valence-corrected chi connectivity index (χ0v) is 20.4. The Balaban J connectivity index is 1.55. The molecule has 7 nitrogen and oxygen atoms in total. The summed E-state index contributed by atoms with van der Waals surface area (Å²) in [6.45, 7) is 0.991. The van der Waals surface area contributed by atoms with E-state index in [0.29, 0.717) is 34.2 Å². The summed E-state index contributed by atoms with van der Waals surface area (Å²) < 4.78 is 7.15. The van der Waals surface area contributed by atoms with Crippen molar-refractivity contribution in [2.45, 2.75) is 16.6 Å². The third kappa shape index (κ3) is 4.94. The maximum absolute atomic E-state index is 13.0. The number of allylic oxidation sites excluding steroid dienone is 1. The molecule has 1 aliphatic heterocycles. The molecule has 2 aromatic carbocycles. The highest BCUT2D eigenvalue weighted by Gasteiger charge is 2.28. The summed E-state index contributed by atoms with van der Waals surface area (Å²) in [5.74, 6) is 0.487. The molecule has 10 heteroatoms. The van der Waals surface area contributed by atoms with Gasteiger partial charge in [-0.15, -0.1) is 10.2 Å². The van der Waals surface area contributed by atoms with Crippen LogP contribution < -0.4 is 4.90 Å². The van der Waals surface area contributed by atoms with Gasteiger partial charge in [-0.3, -0.25) is 9.36 Å². The lowest BCUT2D eigenvalue weighted by atomic mass is 10.2. The van der Waals surface area contributed by atoms with Crippen LogP contribution in [0.15, 0.2) is 69.2 Å². The molecular formula is C23H20ClN5O2S2. The van der Waals surface area contributed by atoms with E-state index in [9.17, 15) is 10.1 Å². The van der Waals surface area contributed by atoms with Crippen LogP contribution >= 0.6 is 35.1 Å². The van der Waals surface area contributed by atoms with Gasteiger partial charge >= 0.3 is 0 Å². The number of benzene rings is 2. The van der Waals surface area contributed by atoms with E-state index in [1.165, 1.54) is 23.5 Å². The minimum absolute atomic E-state index is 0.0723. The zero-order valence-electron chi connectivity index (χ0n) is 18.0. The average molecular weight is 498 g/mol. The molecule has 1 aromatic heterocycles. The maximum Gasteiger partial charge on any atom is 0.192 e. The molecule has 33 heavy (non-hydrogen) atoms. The fraction of sp³-hybridized carbons (Fsp3) is 0.217. The number of nitrogens with zero attached hydrogens (tertiary/aromatic N) is 5. The predicted molar refractivity (Wildman–Crippen MR) is 131 cm³/mol. The molecule has 0 spiro atoms. The van der Waals surface area contributed by atoms with E-state index in [4.69, 9.17) is 16.3 Å². The summed E-state index contributed by atoms with van der Waals surface area (Å²) in [5.41, 5.74) is 1.99. The van der Waals surface area contributed by atoms with E-state index in [-0.39, 0.29) is 17.1 Å². The number of ketones is 1. The topological polar surface area (TPSA) is 84.0 Å². The largest absolute Gasteiger partial charge is 0.383 e. The lowest BCUT2D eigenvalue weighted by Gasteiger charge is -2.14. The number of anilines is 1. The molecular weight excluding hydrogens is 478 g/mol. The van der Waals surface area contributed by atoms with Crippen molar-refractivity contribution in [3.8, 4) is 17.5 Å². The van der Waals surface area contributed by atoms with Crippen LogP contribution in [0.25, 0.3) is 11.4 Å². The third-order valence-electron chi connectivity index (χ3n) is 5.01. The molecule has 4 rings (SSSR count). The lowest BCUT2D eigenvalue weighted by molar-refractivity contribution is -0.112. The summed E-state index contributed by atoms with van der Waals surface area (Å²) in [4.78, 5) is 15.9. The number of halogens is 1. The van der Waals surface area contributed by atoms with Gasteiger partial charge in [-0.05, 0) is 36.4 Å². The standard InChI is InChI=1S/C23H20ClN5O2S2/c1-28-18-5-3-4-6-20(18)33-22(28)17(13-25)19(30)14-32-23-27-26-21(29(23)11-12-31-2)15-7-9-16(24)10-8-15/h3-10H,11-12,14H2,1-2H3. The summed E-state index contributed by atoms with van der Waals surface area (Å²) >= 11 is 8.70. The van der Waals surface area contributed by atoms with Crippen molar-refractivity contribution < 1.29 is 9.53 Å². The molecule has 0 saturated heterocycles. The van der Waals surface area contributed by atoms with Crippen LogP contribution in [-0.4, -0.2) is 47.1 Å². The summed E-state index contributed by atoms with van der Waals surface area (Å²) in [6.07, 6.45) is 0. The van der Waals surface area contributed by atoms with Gasteiger partial charge in [0.2, 0.25) is 0 Å². The molecule has 0 saturated carbocycles. The first-order chi connectivity index (χ1) is 16.0.